The quantitative estimate of drug-likeness (QED) is 0.744. The lowest BCUT2D eigenvalue weighted by Gasteiger charge is -2.34. The van der Waals surface area contributed by atoms with Gasteiger partial charge >= 0.3 is 6.03 Å². The number of aromatic nitrogens is 2. The monoisotopic (exact) mass is 386 g/mol. The fraction of sp³-hybridized carbons (Fsp3) is 0.421. The molecule has 1 aliphatic rings. The number of amides is 2. The Bertz CT molecular complexity index is 743. The zero-order valence-electron chi connectivity index (χ0n) is 16.2. The molecule has 0 bridgehead atoms. The summed E-state index contributed by atoms with van der Waals surface area (Å²) < 4.78 is 10.4. The Morgan fingerprint density at radius 3 is 2.29 bits per heavy atom. The van der Waals surface area contributed by atoms with E-state index in [2.05, 4.69) is 30.4 Å². The Morgan fingerprint density at radius 2 is 1.68 bits per heavy atom. The number of anilines is 2. The molecule has 1 aliphatic heterocycles. The lowest BCUT2D eigenvalue weighted by molar-refractivity contribution is 0.240. The number of methoxy groups -OCH3 is 2. The number of piperazine rings is 1. The van der Waals surface area contributed by atoms with Crippen LogP contribution in [0, 0.1) is 0 Å². The smallest absolute Gasteiger partial charge is 0.319 e. The molecule has 2 N–H and O–H groups in total. The molecule has 0 atom stereocenters. The first-order valence-corrected chi connectivity index (χ1v) is 9.20. The van der Waals surface area contributed by atoms with Crippen molar-refractivity contribution in [1.82, 2.24) is 20.2 Å². The SMILES string of the molecule is COc1cc(NC(=O)NCCN2CCN(c3ncccn3)CC2)cc(OC)c1. The van der Waals surface area contributed by atoms with Gasteiger partial charge in [0.15, 0.2) is 0 Å². The summed E-state index contributed by atoms with van der Waals surface area (Å²) in [5.41, 5.74) is 0.616. The van der Waals surface area contributed by atoms with Crippen LogP contribution in [0.1, 0.15) is 0 Å². The third-order valence-electron chi connectivity index (χ3n) is 4.53. The van der Waals surface area contributed by atoms with E-state index >= 15 is 0 Å². The van der Waals surface area contributed by atoms with E-state index in [0.717, 1.165) is 38.7 Å². The molecule has 1 saturated heterocycles. The Hall–Kier alpha value is -3.07. The van der Waals surface area contributed by atoms with Gasteiger partial charge in [-0.2, -0.15) is 0 Å². The van der Waals surface area contributed by atoms with Crippen LogP contribution >= 0.6 is 0 Å². The molecule has 3 rings (SSSR count). The average Bonchev–Trinajstić information content (AvgIpc) is 2.74. The van der Waals surface area contributed by atoms with E-state index in [1.807, 2.05) is 6.07 Å². The second-order valence-electron chi connectivity index (χ2n) is 6.36. The van der Waals surface area contributed by atoms with Crippen molar-refractivity contribution in [3.05, 3.63) is 36.7 Å². The van der Waals surface area contributed by atoms with Crippen LogP contribution in [0.3, 0.4) is 0 Å². The van der Waals surface area contributed by atoms with Gasteiger partial charge in [0.2, 0.25) is 5.95 Å². The molecule has 9 nitrogen and oxygen atoms in total. The Morgan fingerprint density at radius 1 is 1.04 bits per heavy atom. The van der Waals surface area contributed by atoms with Gasteiger partial charge in [0, 0.05) is 75.5 Å². The second kappa shape index (κ2) is 9.75. The standard InChI is InChI=1S/C19H26N6O3/c1-27-16-12-15(13-17(14-16)28-2)23-19(26)22-6-7-24-8-10-25(11-9-24)18-20-4-3-5-21-18/h3-5,12-14H,6-11H2,1-2H3,(H2,22,23,26). The maximum atomic E-state index is 12.1. The summed E-state index contributed by atoms with van der Waals surface area (Å²) >= 11 is 0. The molecule has 150 valence electrons. The maximum absolute atomic E-state index is 12.1. The molecule has 1 fully saturated rings. The normalized spacial score (nSPS) is 14.4. The fourth-order valence-corrected chi connectivity index (χ4v) is 3.01. The molecule has 2 heterocycles. The molecule has 0 spiro atoms. The van der Waals surface area contributed by atoms with Crippen LogP contribution in [-0.4, -0.2) is 74.4 Å². The zero-order chi connectivity index (χ0) is 19.8. The Labute approximate surface area is 164 Å². The highest BCUT2D eigenvalue weighted by Gasteiger charge is 2.18. The van der Waals surface area contributed by atoms with Crippen molar-refractivity contribution in [3.8, 4) is 11.5 Å². The van der Waals surface area contributed by atoms with Crippen LogP contribution in [0.15, 0.2) is 36.7 Å². The van der Waals surface area contributed by atoms with Crippen molar-refractivity contribution < 1.29 is 14.3 Å². The Kier molecular flexibility index (Phi) is 6.85. The molecule has 0 saturated carbocycles. The third-order valence-corrected chi connectivity index (χ3v) is 4.53. The molecular formula is C19H26N6O3. The summed E-state index contributed by atoms with van der Waals surface area (Å²) in [5, 5.41) is 5.69. The van der Waals surface area contributed by atoms with Gasteiger partial charge in [0.25, 0.3) is 0 Å². The predicted molar refractivity (Wildman–Crippen MR) is 107 cm³/mol. The highest BCUT2D eigenvalue weighted by atomic mass is 16.5. The number of nitrogens with one attached hydrogen (secondary N) is 2. The first kappa shape index (κ1) is 19.7. The molecule has 0 radical (unpaired) electrons. The first-order chi connectivity index (χ1) is 13.7. The van der Waals surface area contributed by atoms with E-state index in [4.69, 9.17) is 9.47 Å². The lowest BCUT2D eigenvalue weighted by atomic mass is 10.3. The number of rotatable bonds is 7. The van der Waals surface area contributed by atoms with Gasteiger partial charge in [-0.25, -0.2) is 14.8 Å². The molecule has 1 aromatic carbocycles. The summed E-state index contributed by atoms with van der Waals surface area (Å²) in [4.78, 5) is 25.2. The van der Waals surface area contributed by atoms with Crippen LogP contribution in [0.25, 0.3) is 0 Å². The maximum Gasteiger partial charge on any atom is 0.319 e. The third kappa shape index (κ3) is 5.46. The van der Waals surface area contributed by atoms with Gasteiger partial charge in [-0.3, -0.25) is 4.90 Å². The summed E-state index contributed by atoms with van der Waals surface area (Å²) in [7, 11) is 3.14. The molecular weight excluding hydrogens is 360 g/mol. The lowest BCUT2D eigenvalue weighted by Crippen LogP contribution is -2.49. The first-order valence-electron chi connectivity index (χ1n) is 9.20. The topological polar surface area (TPSA) is 91.9 Å². The molecule has 28 heavy (non-hydrogen) atoms. The van der Waals surface area contributed by atoms with Crippen LogP contribution in [0.4, 0.5) is 16.4 Å². The van der Waals surface area contributed by atoms with E-state index in [1.54, 1.807) is 44.8 Å². The van der Waals surface area contributed by atoms with Crippen molar-refractivity contribution in [2.24, 2.45) is 0 Å². The zero-order valence-corrected chi connectivity index (χ0v) is 16.2. The molecule has 0 unspecified atom stereocenters. The van der Waals surface area contributed by atoms with Crippen LogP contribution < -0.4 is 25.0 Å². The summed E-state index contributed by atoms with van der Waals surface area (Å²) in [6.45, 7) is 4.93. The highest BCUT2D eigenvalue weighted by Crippen LogP contribution is 2.25. The van der Waals surface area contributed by atoms with E-state index < -0.39 is 0 Å². The number of carbonyl (C=O) groups is 1. The van der Waals surface area contributed by atoms with Gasteiger partial charge in [-0.05, 0) is 6.07 Å². The number of hydrogen-bond donors (Lipinski definition) is 2. The van der Waals surface area contributed by atoms with Gasteiger partial charge < -0.3 is 25.0 Å². The van der Waals surface area contributed by atoms with E-state index in [1.165, 1.54) is 0 Å². The van der Waals surface area contributed by atoms with Gasteiger partial charge in [-0.1, -0.05) is 0 Å². The molecule has 9 heteroatoms. The number of benzene rings is 1. The summed E-state index contributed by atoms with van der Waals surface area (Å²) in [6, 6.07) is 6.80. The molecule has 2 aromatic rings. The highest BCUT2D eigenvalue weighted by molar-refractivity contribution is 5.89. The van der Waals surface area contributed by atoms with Crippen molar-refractivity contribution in [3.63, 3.8) is 0 Å². The predicted octanol–water partition coefficient (Wildman–Crippen LogP) is 1.44. The van der Waals surface area contributed by atoms with Crippen molar-refractivity contribution in [2.75, 3.05) is 63.7 Å². The number of ether oxygens (including phenoxy) is 2. The van der Waals surface area contributed by atoms with E-state index in [-0.39, 0.29) is 6.03 Å². The van der Waals surface area contributed by atoms with Crippen molar-refractivity contribution in [2.45, 2.75) is 0 Å². The van der Waals surface area contributed by atoms with Crippen LogP contribution in [-0.2, 0) is 0 Å². The molecule has 1 aromatic heterocycles. The van der Waals surface area contributed by atoms with Crippen molar-refractivity contribution in [1.29, 1.82) is 0 Å². The molecule has 0 aliphatic carbocycles. The van der Waals surface area contributed by atoms with E-state index in [9.17, 15) is 4.79 Å². The second-order valence-corrected chi connectivity index (χ2v) is 6.36. The van der Waals surface area contributed by atoms with Crippen LogP contribution in [0.2, 0.25) is 0 Å². The fourth-order valence-electron chi connectivity index (χ4n) is 3.01. The van der Waals surface area contributed by atoms with Gasteiger partial charge in [0.1, 0.15) is 11.5 Å². The number of urea groups is 1. The minimum absolute atomic E-state index is 0.258. The Balaban J connectivity index is 1.39. The molecule has 2 amide bonds. The minimum atomic E-state index is -0.258. The summed E-state index contributed by atoms with van der Waals surface area (Å²) in [6.07, 6.45) is 3.52. The largest absolute Gasteiger partial charge is 0.497 e. The number of hydrogen-bond acceptors (Lipinski definition) is 7. The van der Waals surface area contributed by atoms with Gasteiger partial charge in [0.05, 0.1) is 14.2 Å². The number of carbonyl (C=O) groups excluding carboxylic acids is 1. The average molecular weight is 386 g/mol. The summed E-state index contributed by atoms with van der Waals surface area (Å²) in [5.74, 6) is 2.01. The van der Waals surface area contributed by atoms with Crippen LogP contribution in [0.5, 0.6) is 11.5 Å². The minimum Gasteiger partial charge on any atom is -0.497 e. The van der Waals surface area contributed by atoms with Crippen molar-refractivity contribution >= 4 is 17.7 Å². The van der Waals surface area contributed by atoms with Gasteiger partial charge in [-0.15, -0.1) is 0 Å². The number of nitrogens with zero attached hydrogens (tertiary/aromatic N) is 4. The van der Waals surface area contributed by atoms with E-state index in [0.29, 0.717) is 23.7 Å².